The summed E-state index contributed by atoms with van der Waals surface area (Å²) in [5.41, 5.74) is 6.31. The SMILES string of the molecule is CC(=O)OC1CCCC=C1N. The van der Waals surface area contributed by atoms with Crippen LogP contribution in [0.4, 0.5) is 0 Å². The molecule has 1 unspecified atom stereocenters. The minimum atomic E-state index is -0.256. The van der Waals surface area contributed by atoms with Gasteiger partial charge in [-0.1, -0.05) is 6.08 Å². The van der Waals surface area contributed by atoms with Crippen LogP contribution in [0, 0.1) is 0 Å². The zero-order valence-electron chi connectivity index (χ0n) is 6.67. The Kier molecular flexibility index (Phi) is 2.52. The molecule has 0 heterocycles. The fourth-order valence-corrected chi connectivity index (χ4v) is 1.20. The van der Waals surface area contributed by atoms with E-state index in [-0.39, 0.29) is 12.1 Å². The third-order valence-electron chi connectivity index (χ3n) is 1.73. The zero-order valence-corrected chi connectivity index (χ0v) is 6.67. The van der Waals surface area contributed by atoms with Gasteiger partial charge in [-0.2, -0.15) is 0 Å². The molecule has 11 heavy (non-hydrogen) atoms. The second-order valence-electron chi connectivity index (χ2n) is 2.73. The minimum absolute atomic E-state index is 0.166. The molecular formula is C8H13NO2. The molecule has 3 heteroatoms. The van der Waals surface area contributed by atoms with Gasteiger partial charge < -0.3 is 10.5 Å². The maximum Gasteiger partial charge on any atom is 0.303 e. The number of nitrogens with two attached hydrogens (primary N) is 1. The number of allylic oxidation sites excluding steroid dienone is 1. The van der Waals surface area contributed by atoms with Crippen molar-refractivity contribution in [2.75, 3.05) is 0 Å². The number of hydrogen-bond donors (Lipinski definition) is 1. The van der Waals surface area contributed by atoms with Gasteiger partial charge in [0.15, 0.2) is 0 Å². The molecule has 0 radical (unpaired) electrons. The quantitative estimate of drug-likeness (QED) is 0.573. The van der Waals surface area contributed by atoms with Crippen LogP contribution in [0.3, 0.4) is 0 Å². The first-order valence-corrected chi connectivity index (χ1v) is 3.83. The Hall–Kier alpha value is -0.990. The smallest absolute Gasteiger partial charge is 0.303 e. The highest BCUT2D eigenvalue weighted by Crippen LogP contribution is 2.17. The molecule has 62 valence electrons. The van der Waals surface area contributed by atoms with Crippen LogP contribution in [0.1, 0.15) is 26.2 Å². The second kappa shape index (κ2) is 3.42. The van der Waals surface area contributed by atoms with Crippen LogP contribution in [0.15, 0.2) is 11.8 Å². The van der Waals surface area contributed by atoms with Crippen LogP contribution in [-0.4, -0.2) is 12.1 Å². The van der Waals surface area contributed by atoms with Crippen molar-refractivity contribution in [1.29, 1.82) is 0 Å². The standard InChI is InChI=1S/C8H13NO2/c1-6(10)11-8-5-3-2-4-7(8)9/h4,8H,2-3,5,9H2,1H3. The Morgan fingerprint density at radius 1 is 1.82 bits per heavy atom. The van der Waals surface area contributed by atoms with Gasteiger partial charge in [-0.15, -0.1) is 0 Å². The molecule has 0 saturated heterocycles. The molecular weight excluding hydrogens is 142 g/mol. The number of rotatable bonds is 1. The van der Waals surface area contributed by atoms with Crippen LogP contribution >= 0.6 is 0 Å². The minimum Gasteiger partial charge on any atom is -0.456 e. The number of esters is 1. The summed E-state index contributed by atoms with van der Waals surface area (Å²) >= 11 is 0. The monoisotopic (exact) mass is 155 g/mol. The van der Waals surface area contributed by atoms with Crippen LogP contribution in [-0.2, 0) is 9.53 Å². The summed E-state index contributed by atoms with van der Waals surface area (Å²) < 4.78 is 4.97. The number of ether oxygens (including phenoxy) is 1. The molecule has 0 saturated carbocycles. The zero-order chi connectivity index (χ0) is 8.27. The molecule has 1 aliphatic rings. The predicted octanol–water partition coefficient (Wildman–Crippen LogP) is 0.945. The van der Waals surface area contributed by atoms with Gasteiger partial charge in [0.05, 0.1) is 0 Å². The summed E-state index contributed by atoms with van der Waals surface area (Å²) in [5.74, 6) is -0.256. The molecule has 0 bridgehead atoms. The normalized spacial score (nSPS) is 24.1. The van der Waals surface area contributed by atoms with Crippen molar-refractivity contribution in [3.05, 3.63) is 11.8 Å². The van der Waals surface area contributed by atoms with E-state index in [1.165, 1.54) is 6.92 Å². The summed E-state index contributed by atoms with van der Waals surface area (Å²) in [6, 6.07) is 0. The third-order valence-corrected chi connectivity index (χ3v) is 1.73. The highest BCUT2D eigenvalue weighted by molar-refractivity contribution is 5.66. The van der Waals surface area contributed by atoms with E-state index in [4.69, 9.17) is 10.5 Å². The lowest BCUT2D eigenvalue weighted by atomic mass is 10.0. The van der Waals surface area contributed by atoms with E-state index in [9.17, 15) is 4.79 Å². The van der Waals surface area contributed by atoms with Crippen molar-refractivity contribution in [3.63, 3.8) is 0 Å². The molecule has 0 aromatic carbocycles. The molecule has 2 N–H and O–H groups in total. The summed E-state index contributed by atoms with van der Waals surface area (Å²) in [5, 5.41) is 0. The van der Waals surface area contributed by atoms with Crippen LogP contribution in [0.5, 0.6) is 0 Å². The van der Waals surface area contributed by atoms with E-state index in [0.29, 0.717) is 5.70 Å². The highest BCUT2D eigenvalue weighted by atomic mass is 16.5. The summed E-state index contributed by atoms with van der Waals surface area (Å²) in [6.07, 6.45) is 4.68. The fourth-order valence-electron chi connectivity index (χ4n) is 1.20. The van der Waals surface area contributed by atoms with E-state index in [2.05, 4.69) is 0 Å². The van der Waals surface area contributed by atoms with Crippen molar-refractivity contribution in [1.82, 2.24) is 0 Å². The average molecular weight is 155 g/mol. The fraction of sp³-hybridized carbons (Fsp3) is 0.625. The Bertz CT molecular complexity index is 187. The Labute approximate surface area is 66.2 Å². The predicted molar refractivity (Wildman–Crippen MR) is 41.7 cm³/mol. The van der Waals surface area contributed by atoms with Gasteiger partial charge in [-0.05, 0) is 19.3 Å². The molecule has 0 aromatic heterocycles. The van der Waals surface area contributed by atoms with E-state index in [0.717, 1.165) is 19.3 Å². The number of hydrogen-bond acceptors (Lipinski definition) is 3. The van der Waals surface area contributed by atoms with E-state index < -0.39 is 0 Å². The first-order chi connectivity index (χ1) is 5.20. The van der Waals surface area contributed by atoms with E-state index in [1.54, 1.807) is 0 Å². The maximum atomic E-state index is 10.6. The highest BCUT2D eigenvalue weighted by Gasteiger charge is 2.17. The van der Waals surface area contributed by atoms with Gasteiger partial charge >= 0.3 is 5.97 Å². The van der Waals surface area contributed by atoms with Crippen molar-refractivity contribution in [3.8, 4) is 0 Å². The molecule has 1 rings (SSSR count). The van der Waals surface area contributed by atoms with Gasteiger partial charge in [0.1, 0.15) is 6.10 Å². The molecule has 0 spiro atoms. The average Bonchev–Trinajstić information content (AvgIpc) is 1.93. The Morgan fingerprint density at radius 2 is 2.55 bits per heavy atom. The second-order valence-corrected chi connectivity index (χ2v) is 2.73. The number of carbonyl (C=O) groups is 1. The molecule has 0 aliphatic heterocycles. The lowest BCUT2D eigenvalue weighted by Crippen LogP contribution is -2.25. The maximum absolute atomic E-state index is 10.6. The van der Waals surface area contributed by atoms with Gasteiger partial charge in [-0.3, -0.25) is 4.79 Å². The van der Waals surface area contributed by atoms with Crippen LogP contribution in [0.2, 0.25) is 0 Å². The molecule has 0 aromatic rings. The van der Waals surface area contributed by atoms with Gasteiger partial charge in [0.2, 0.25) is 0 Å². The molecule has 1 aliphatic carbocycles. The molecule has 0 fully saturated rings. The topological polar surface area (TPSA) is 52.3 Å². The first-order valence-electron chi connectivity index (χ1n) is 3.83. The molecule has 0 amide bonds. The Balaban J connectivity index is 2.50. The largest absolute Gasteiger partial charge is 0.456 e. The Morgan fingerprint density at radius 3 is 3.09 bits per heavy atom. The lowest BCUT2D eigenvalue weighted by Gasteiger charge is -2.20. The molecule has 1 atom stereocenters. The number of carbonyl (C=O) groups excluding carboxylic acids is 1. The van der Waals surface area contributed by atoms with Crippen molar-refractivity contribution >= 4 is 5.97 Å². The van der Waals surface area contributed by atoms with Crippen LogP contribution < -0.4 is 5.73 Å². The van der Waals surface area contributed by atoms with Crippen molar-refractivity contribution < 1.29 is 9.53 Å². The summed E-state index contributed by atoms with van der Waals surface area (Å²) in [4.78, 5) is 10.6. The van der Waals surface area contributed by atoms with Crippen molar-refractivity contribution in [2.24, 2.45) is 5.73 Å². The summed E-state index contributed by atoms with van der Waals surface area (Å²) in [7, 11) is 0. The third kappa shape index (κ3) is 2.26. The first kappa shape index (κ1) is 8.11. The van der Waals surface area contributed by atoms with Crippen molar-refractivity contribution in [2.45, 2.75) is 32.3 Å². The van der Waals surface area contributed by atoms with E-state index in [1.807, 2.05) is 6.08 Å². The van der Waals surface area contributed by atoms with Gasteiger partial charge in [0.25, 0.3) is 0 Å². The lowest BCUT2D eigenvalue weighted by molar-refractivity contribution is -0.145. The van der Waals surface area contributed by atoms with Crippen LogP contribution in [0.25, 0.3) is 0 Å². The summed E-state index contributed by atoms with van der Waals surface area (Å²) in [6.45, 7) is 1.40. The molecule has 3 nitrogen and oxygen atoms in total. The van der Waals surface area contributed by atoms with Gasteiger partial charge in [0, 0.05) is 12.6 Å². The van der Waals surface area contributed by atoms with E-state index >= 15 is 0 Å². The van der Waals surface area contributed by atoms with Gasteiger partial charge in [-0.25, -0.2) is 0 Å².